The maximum atomic E-state index is 9.32. The summed E-state index contributed by atoms with van der Waals surface area (Å²) < 4.78 is 7.01. The number of hydrogen-bond donors (Lipinski definition) is 0. The zero-order chi connectivity index (χ0) is 15.6. The Morgan fingerprint density at radius 2 is 2.00 bits per heavy atom. The van der Waals surface area contributed by atoms with Gasteiger partial charge in [-0.3, -0.25) is 0 Å². The van der Waals surface area contributed by atoms with Crippen LogP contribution in [0, 0.1) is 11.3 Å². The molecule has 0 amide bonds. The van der Waals surface area contributed by atoms with Gasteiger partial charge in [-0.1, -0.05) is 0 Å². The van der Waals surface area contributed by atoms with E-state index in [1.807, 2.05) is 24.4 Å². The van der Waals surface area contributed by atoms with E-state index in [1.165, 1.54) is 6.33 Å². The number of fused-ring (bicyclic) bond motifs is 1. The summed E-state index contributed by atoms with van der Waals surface area (Å²) in [6.07, 6.45) is 5.12. The fourth-order valence-electron chi connectivity index (χ4n) is 2.73. The number of anilines is 1. The predicted molar refractivity (Wildman–Crippen MR) is 84.0 cm³/mol. The number of nitrogens with zero attached hydrogens (tertiary/aromatic N) is 6. The van der Waals surface area contributed by atoms with Crippen LogP contribution in [0.2, 0.25) is 0 Å². The van der Waals surface area contributed by atoms with Gasteiger partial charge < -0.3 is 9.64 Å². The van der Waals surface area contributed by atoms with Crippen LogP contribution in [0.3, 0.4) is 0 Å². The highest BCUT2D eigenvalue weighted by Crippen LogP contribution is 2.25. The van der Waals surface area contributed by atoms with Crippen molar-refractivity contribution in [2.75, 3.05) is 31.2 Å². The average molecular weight is 306 g/mol. The van der Waals surface area contributed by atoms with Gasteiger partial charge >= 0.3 is 0 Å². The van der Waals surface area contributed by atoms with Crippen molar-refractivity contribution in [1.29, 1.82) is 5.26 Å². The molecule has 0 spiro atoms. The van der Waals surface area contributed by atoms with E-state index in [-0.39, 0.29) is 0 Å². The molecular formula is C16H14N6O. The van der Waals surface area contributed by atoms with Gasteiger partial charge in [0.15, 0.2) is 5.65 Å². The second-order valence-electron chi connectivity index (χ2n) is 5.28. The van der Waals surface area contributed by atoms with E-state index in [2.05, 4.69) is 26.0 Å². The molecule has 7 nitrogen and oxygen atoms in total. The molecule has 3 aromatic heterocycles. The Morgan fingerprint density at radius 3 is 2.83 bits per heavy atom. The van der Waals surface area contributed by atoms with Crippen molar-refractivity contribution >= 4 is 11.5 Å². The lowest BCUT2D eigenvalue weighted by atomic mass is 10.1. The molecule has 0 aromatic carbocycles. The minimum absolute atomic E-state index is 0.504. The standard InChI is InChI=1S/C16H14N6O/c17-9-13-7-14(10-22-16(13)19-11-20-22)12-1-2-18-15(8-12)21-3-5-23-6-4-21/h1-2,7-8,10-11H,3-6H2. The van der Waals surface area contributed by atoms with E-state index in [0.29, 0.717) is 11.2 Å². The molecule has 0 N–H and O–H groups in total. The minimum atomic E-state index is 0.504. The summed E-state index contributed by atoms with van der Waals surface area (Å²) in [7, 11) is 0. The van der Waals surface area contributed by atoms with Gasteiger partial charge in [0, 0.05) is 31.0 Å². The first-order valence-electron chi connectivity index (χ1n) is 7.38. The maximum Gasteiger partial charge on any atom is 0.173 e. The molecule has 114 valence electrons. The largest absolute Gasteiger partial charge is 0.378 e. The number of rotatable bonds is 2. The number of pyridine rings is 2. The van der Waals surface area contributed by atoms with Gasteiger partial charge in [-0.25, -0.2) is 14.5 Å². The SMILES string of the molecule is N#Cc1cc(-c2ccnc(N3CCOCC3)c2)cn2ncnc12. The van der Waals surface area contributed by atoms with E-state index in [0.717, 1.165) is 43.2 Å². The Morgan fingerprint density at radius 1 is 1.13 bits per heavy atom. The van der Waals surface area contributed by atoms with Crippen molar-refractivity contribution in [3.63, 3.8) is 0 Å². The summed E-state index contributed by atoms with van der Waals surface area (Å²) in [5.74, 6) is 0.919. The molecule has 1 saturated heterocycles. The molecule has 0 bridgehead atoms. The third-order valence-corrected chi connectivity index (χ3v) is 3.91. The number of aromatic nitrogens is 4. The Hall–Kier alpha value is -2.98. The Labute approximate surface area is 132 Å². The molecular weight excluding hydrogens is 292 g/mol. The van der Waals surface area contributed by atoms with E-state index in [1.54, 1.807) is 10.7 Å². The van der Waals surface area contributed by atoms with Crippen molar-refractivity contribution < 1.29 is 4.74 Å². The van der Waals surface area contributed by atoms with E-state index in [4.69, 9.17) is 4.74 Å². The molecule has 3 aromatic rings. The van der Waals surface area contributed by atoms with Crippen LogP contribution in [0.25, 0.3) is 16.8 Å². The number of hydrogen-bond acceptors (Lipinski definition) is 6. The van der Waals surface area contributed by atoms with Crippen LogP contribution in [-0.2, 0) is 4.74 Å². The molecule has 4 rings (SSSR count). The quantitative estimate of drug-likeness (QED) is 0.714. The highest BCUT2D eigenvalue weighted by atomic mass is 16.5. The zero-order valence-corrected chi connectivity index (χ0v) is 12.4. The van der Waals surface area contributed by atoms with Crippen molar-refractivity contribution in [3.05, 3.63) is 42.5 Å². The first-order valence-corrected chi connectivity index (χ1v) is 7.38. The lowest BCUT2D eigenvalue weighted by molar-refractivity contribution is 0.122. The fourth-order valence-corrected chi connectivity index (χ4v) is 2.73. The van der Waals surface area contributed by atoms with Gasteiger partial charge in [0.1, 0.15) is 18.2 Å². The predicted octanol–water partition coefficient (Wildman–Crippen LogP) is 1.50. The lowest BCUT2D eigenvalue weighted by Gasteiger charge is -2.28. The maximum absolute atomic E-state index is 9.32. The monoisotopic (exact) mass is 306 g/mol. The van der Waals surface area contributed by atoms with Crippen molar-refractivity contribution in [3.8, 4) is 17.2 Å². The van der Waals surface area contributed by atoms with Crippen LogP contribution in [0.5, 0.6) is 0 Å². The third-order valence-electron chi connectivity index (χ3n) is 3.91. The molecule has 0 atom stereocenters. The Bertz CT molecular complexity index is 891. The molecule has 4 heterocycles. The number of nitriles is 1. The van der Waals surface area contributed by atoms with Crippen LogP contribution in [0.4, 0.5) is 5.82 Å². The minimum Gasteiger partial charge on any atom is -0.378 e. The zero-order valence-electron chi connectivity index (χ0n) is 12.4. The fraction of sp³-hybridized carbons (Fsp3) is 0.250. The van der Waals surface area contributed by atoms with E-state index in [9.17, 15) is 5.26 Å². The molecule has 23 heavy (non-hydrogen) atoms. The molecule has 1 fully saturated rings. The van der Waals surface area contributed by atoms with Gasteiger partial charge in [0.25, 0.3) is 0 Å². The molecule has 0 unspecified atom stereocenters. The van der Waals surface area contributed by atoms with Gasteiger partial charge in [-0.2, -0.15) is 10.4 Å². The Kier molecular flexibility index (Phi) is 3.37. The van der Waals surface area contributed by atoms with Crippen LogP contribution < -0.4 is 4.90 Å². The van der Waals surface area contributed by atoms with Gasteiger partial charge in [0.05, 0.1) is 18.8 Å². The molecule has 1 aliphatic rings. The molecule has 7 heteroatoms. The summed E-state index contributed by atoms with van der Waals surface area (Å²) in [5.41, 5.74) is 2.98. The lowest BCUT2D eigenvalue weighted by Crippen LogP contribution is -2.36. The molecule has 0 aliphatic carbocycles. The molecule has 1 aliphatic heterocycles. The summed E-state index contributed by atoms with van der Waals surface area (Å²) in [5, 5.41) is 13.5. The van der Waals surface area contributed by atoms with Crippen LogP contribution in [-0.4, -0.2) is 45.9 Å². The van der Waals surface area contributed by atoms with Gasteiger partial charge in [-0.15, -0.1) is 0 Å². The van der Waals surface area contributed by atoms with Crippen molar-refractivity contribution in [1.82, 2.24) is 19.6 Å². The smallest absolute Gasteiger partial charge is 0.173 e. The Balaban J connectivity index is 1.77. The second kappa shape index (κ2) is 5.66. The average Bonchev–Trinajstić information content (AvgIpc) is 3.10. The summed E-state index contributed by atoms with van der Waals surface area (Å²) in [6, 6.07) is 7.98. The van der Waals surface area contributed by atoms with Crippen molar-refractivity contribution in [2.45, 2.75) is 0 Å². The molecule has 0 saturated carbocycles. The normalized spacial score (nSPS) is 14.8. The number of ether oxygens (including phenoxy) is 1. The summed E-state index contributed by atoms with van der Waals surface area (Å²) >= 11 is 0. The number of morpholine rings is 1. The highest BCUT2D eigenvalue weighted by Gasteiger charge is 2.14. The third kappa shape index (κ3) is 2.49. The van der Waals surface area contributed by atoms with Gasteiger partial charge in [0.2, 0.25) is 0 Å². The topological polar surface area (TPSA) is 79.3 Å². The van der Waals surface area contributed by atoms with Crippen LogP contribution >= 0.6 is 0 Å². The van der Waals surface area contributed by atoms with E-state index >= 15 is 0 Å². The molecule has 0 radical (unpaired) electrons. The summed E-state index contributed by atoms with van der Waals surface area (Å²) in [4.78, 5) is 10.8. The van der Waals surface area contributed by atoms with Gasteiger partial charge in [-0.05, 0) is 23.8 Å². The van der Waals surface area contributed by atoms with Crippen LogP contribution in [0.15, 0.2) is 36.9 Å². The van der Waals surface area contributed by atoms with E-state index < -0.39 is 0 Å². The highest BCUT2D eigenvalue weighted by molar-refractivity contribution is 5.70. The first-order chi connectivity index (χ1) is 11.3. The second-order valence-corrected chi connectivity index (χ2v) is 5.28. The van der Waals surface area contributed by atoms with Crippen molar-refractivity contribution in [2.24, 2.45) is 0 Å². The van der Waals surface area contributed by atoms with Crippen LogP contribution in [0.1, 0.15) is 5.56 Å². The summed E-state index contributed by atoms with van der Waals surface area (Å²) in [6.45, 7) is 3.11. The first kappa shape index (κ1) is 13.7.